The predicted octanol–water partition coefficient (Wildman–Crippen LogP) is 4.78. The van der Waals surface area contributed by atoms with E-state index in [2.05, 4.69) is 21.2 Å². The summed E-state index contributed by atoms with van der Waals surface area (Å²) in [4.78, 5) is 0. The lowest BCUT2D eigenvalue weighted by atomic mass is 10.2. The fourth-order valence-corrected chi connectivity index (χ4v) is 2.30. The molecule has 0 atom stereocenters. The van der Waals surface area contributed by atoms with Gasteiger partial charge >= 0.3 is 0 Å². The maximum atomic E-state index is 13.4. The Morgan fingerprint density at radius 2 is 1.95 bits per heavy atom. The number of hydrogen-bond donors (Lipinski definition) is 1. The third kappa shape index (κ3) is 4.23. The number of ether oxygens (including phenoxy) is 1. The summed E-state index contributed by atoms with van der Waals surface area (Å²) in [7, 11) is 0. The molecule has 4 heteroatoms. The molecule has 0 heterocycles. The van der Waals surface area contributed by atoms with Crippen molar-refractivity contribution in [2.24, 2.45) is 0 Å². The van der Waals surface area contributed by atoms with Crippen LogP contribution < -0.4 is 10.1 Å². The second-order valence-electron chi connectivity index (χ2n) is 4.52. The van der Waals surface area contributed by atoms with Crippen LogP contribution in [-0.4, -0.2) is 13.2 Å². The number of aryl methyl sites for hydroxylation is 1. The normalized spacial score (nSPS) is 10.3. The van der Waals surface area contributed by atoms with Crippen molar-refractivity contribution >= 4 is 21.6 Å². The van der Waals surface area contributed by atoms with Gasteiger partial charge in [0.2, 0.25) is 0 Å². The van der Waals surface area contributed by atoms with Crippen LogP contribution in [0.2, 0.25) is 0 Å². The SMILES string of the molecule is Cc1cc(Br)c(F)cc1NCCCOc1ccccc1. The molecule has 0 saturated heterocycles. The average Bonchev–Trinajstić information content (AvgIpc) is 2.45. The van der Waals surface area contributed by atoms with Crippen molar-refractivity contribution in [2.45, 2.75) is 13.3 Å². The number of halogens is 2. The molecule has 1 N–H and O–H groups in total. The molecule has 0 amide bonds. The maximum absolute atomic E-state index is 13.4. The highest BCUT2D eigenvalue weighted by molar-refractivity contribution is 9.10. The van der Waals surface area contributed by atoms with Gasteiger partial charge in [0.15, 0.2) is 0 Å². The van der Waals surface area contributed by atoms with Gasteiger partial charge in [-0.15, -0.1) is 0 Å². The van der Waals surface area contributed by atoms with Crippen LogP contribution in [0.3, 0.4) is 0 Å². The lowest BCUT2D eigenvalue weighted by molar-refractivity contribution is 0.315. The Morgan fingerprint density at radius 3 is 2.70 bits per heavy atom. The van der Waals surface area contributed by atoms with E-state index in [1.807, 2.05) is 37.3 Å². The van der Waals surface area contributed by atoms with E-state index in [0.717, 1.165) is 30.0 Å². The lowest BCUT2D eigenvalue weighted by Gasteiger charge is -2.11. The summed E-state index contributed by atoms with van der Waals surface area (Å²) >= 11 is 3.18. The first-order valence-corrected chi connectivity index (χ1v) is 7.33. The average molecular weight is 338 g/mol. The largest absolute Gasteiger partial charge is 0.494 e. The zero-order valence-electron chi connectivity index (χ0n) is 11.3. The Hall–Kier alpha value is -1.55. The summed E-state index contributed by atoms with van der Waals surface area (Å²) in [5.41, 5.74) is 1.84. The minimum Gasteiger partial charge on any atom is -0.494 e. The number of nitrogens with one attached hydrogen (secondary N) is 1. The van der Waals surface area contributed by atoms with Crippen LogP contribution in [0.25, 0.3) is 0 Å². The fraction of sp³-hybridized carbons (Fsp3) is 0.250. The minimum absolute atomic E-state index is 0.251. The topological polar surface area (TPSA) is 21.3 Å². The van der Waals surface area contributed by atoms with Gasteiger partial charge in [0.25, 0.3) is 0 Å². The first-order chi connectivity index (χ1) is 9.66. The second-order valence-corrected chi connectivity index (χ2v) is 5.38. The molecule has 0 unspecified atom stereocenters. The zero-order chi connectivity index (χ0) is 14.4. The van der Waals surface area contributed by atoms with Gasteiger partial charge in [-0.1, -0.05) is 18.2 Å². The minimum atomic E-state index is -0.251. The molecule has 0 spiro atoms. The molecule has 0 aliphatic rings. The van der Waals surface area contributed by atoms with Crippen molar-refractivity contribution in [1.82, 2.24) is 0 Å². The zero-order valence-corrected chi connectivity index (χ0v) is 12.9. The van der Waals surface area contributed by atoms with Gasteiger partial charge in [0.1, 0.15) is 11.6 Å². The standard InChI is InChI=1S/C16H17BrFNO/c1-12-10-14(17)15(18)11-16(12)19-8-5-9-20-13-6-3-2-4-7-13/h2-4,6-7,10-11,19H,5,8-9H2,1H3. The summed E-state index contributed by atoms with van der Waals surface area (Å²) in [5, 5.41) is 3.23. The molecule has 0 fully saturated rings. The molecule has 0 aliphatic heterocycles. The molecule has 0 radical (unpaired) electrons. The molecule has 0 aromatic heterocycles. The van der Waals surface area contributed by atoms with Crippen molar-refractivity contribution < 1.29 is 9.13 Å². The molecule has 0 bridgehead atoms. The summed E-state index contributed by atoms with van der Waals surface area (Å²) < 4.78 is 19.5. The van der Waals surface area contributed by atoms with Crippen molar-refractivity contribution in [3.05, 3.63) is 58.3 Å². The Morgan fingerprint density at radius 1 is 1.20 bits per heavy atom. The fourth-order valence-electron chi connectivity index (χ4n) is 1.84. The lowest BCUT2D eigenvalue weighted by Crippen LogP contribution is -2.08. The first-order valence-electron chi connectivity index (χ1n) is 6.54. The van der Waals surface area contributed by atoms with E-state index in [1.54, 1.807) is 6.07 Å². The Bertz CT molecular complexity index is 560. The summed E-state index contributed by atoms with van der Waals surface area (Å²) in [6.45, 7) is 3.33. The molecule has 2 aromatic carbocycles. The van der Waals surface area contributed by atoms with E-state index in [4.69, 9.17) is 4.74 Å². The van der Waals surface area contributed by atoms with Gasteiger partial charge in [0.05, 0.1) is 11.1 Å². The highest BCUT2D eigenvalue weighted by atomic mass is 79.9. The number of para-hydroxylation sites is 1. The van der Waals surface area contributed by atoms with E-state index < -0.39 is 0 Å². The highest BCUT2D eigenvalue weighted by Crippen LogP contribution is 2.23. The third-order valence-corrected chi connectivity index (χ3v) is 3.52. The van der Waals surface area contributed by atoms with Crippen molar-refractivity contribution in [3.8, 4) is 5.75 Å². The third-order valence-electron chi connectivity index (χ3n) is 2.92. The number of hydrogen-bond acceptors (Lipinski definition) is 2. The van der Waals surface area contributed by atoms with E-state index in [0.29, 0.717) is 11.1 Å². The molecular formula is C16H17BrFNO. The number of rotatable bonds is 6. The Labute approximate surface area is 127 Å². The maximum Gasteiger partial charge on any atom is 0.139 e. The molecule has 2 nitrogen and oxygen atoms in total. The van der Waals surface area contributed by atoms with Gasteiger partial charge in [0, 0.05) is 12.2 Å². The first kappa shape index (κ1) is 14.9. The smallest absolute Gasteiger partial charge is 0.139 e. The van der Waals surface area contributed by atoms with E-state index in [-0.39, 0.29) is 5.82 Å². The molecule has 20 heavy (non-hydrogen) atoms. The van der Waals surface area contributed by atoms with Crippen molar-refractivity contribution in [1.29, 1.82) is 0 Å². The summed E-state index contributed by atoms with van der Waals surface area (Å²) in [5.74, 6) is 0.622. The second kappa shape index (κ2) is 7.29. The van der Waals surface area contributed by atoms with Gasteiger partial charge in [-0.25, -0.2) is 4.39 Å². The highest BCUT2D eigenvalue weighted by Gasteiger charge is 2.04. The number of anilines is 1. The Balaban J connectivity index is 1.75. The summed E-state index contributed by atoms with van der Waals surface area (Å²) in [6, 6.07) is 13.0. The van der Waals surface area contributed by atoms with Gasteiger partial charge in [-0.2, -0.15) is 0 Å². The molecular weight excluding hydrogens is 321 g/mol. The molecule has 2 rings (SSSR count). The van der Waals surface area contributed by atoms with E-state index >= 15 is 0 Å². The predicted molar refractivity (Wildman–Crippen MR) is 83.9 cm³/mol. The van der Waals surface area contributed by atoms with Crippen LogP contribution in [-0.2, 0) is 0 Å². The molecule has 2 aromatic rings. The van der Waals surface area contributed by atoms with Crippen molar-refractivity contribution in [3.63, 3.8) is 0 Å². The van der Waals surface area contributed by atoms with Gasteiger partial charge in [-0.05, 0) is 59.1 Å². The number of benzene rings is 2. The quantitative estimate of drug-likeness (QED) is 0.766. The van der Waals surface area contributed by atoms with Crippen LogP contribution in [0, 0.1) is 12.7 Å². The van der Waals surface area contributed by atoms with Crippen LogP contribution in [0.15, 0.2) is 46.9 Å². The van der Waals surface area contributed by atoms with Crippen LogP contribution in [0.4, 0.5) is 10.1 Å². The van der Waals surface area contributed by atoms with E-state index in [9.17, 15) is 4.39 Å². The van der Waals surface area contributed by atoms with Crippen LogP contribution >= 0.6 is 15.9 Å². The molecule has 106 valence electrons. The van der Waals surface area contributed by atoms with E-state index in [1.165, 1.54) is 6.07 Å². The monoisotopic (exact) mass is 337 g/mol. The molecule has 0 saturated carbocycles. The van der Waals surface area contributed by atoms with Crippen LogP contribution in [0.5, 0.6) is 5.75 Å². The van der Waals surface area contributed by atoms with Crippen molar-refractivity contribution in [2.75, 3.05) is 18.5 Å². The van der Waals surface area contributed by atoms with Gasteiger partial charge < -0.3 is 10.1 Å². The van der Waals surface area contributed by atoms with Crippen LogP contribution in [0.1, 0.15) is 12.0 Å². The molecule has 0 aliphatic carbocycles. The Kier molecular flexibility index (Phi) is 5.41. The van der Waals surface area contributed by atoms with Gasteiger partial charge in [-0.3, -0.25) is 0 Å². The summed E-state index contributed by atoms with van der Waals surface area (Å²) in [6.07, 6.45) is 0.853.